The Morgan fingerprint density at radius 3 is 2.03 bits per heavy atom. The van der Waals surface area contributed by atoms with Crippen LogP contribution in [0.15, 0.2) is 30.3 Å². The molecule has 0 aromatic heterocycles. The van der Waals surface area contributed by atoms with E-state index in [4.69, 9.17) is 4.74 Å². The molecule has 2 aliphatic rings. The number of carbonyl (C=O) groups is 2. The van der Waals surface area contributed by atoms with Crippen molar-refractivity contribution in [1.82, 2.24) is 9.80 Å². The summed E-state index contributed by atoms with van der Waals surface area (Å²) in [6.45, 7) is 8.03. The number of benzene rings is 1. The van der Waals surface area contributed by atoms with Crippen molar-refractivity contribution in [2.24, 2.45) is 11.8 Å². The van der Waals surface area contributed by atoms with Crippen LogP contribution in [0.25, 0.3) is 6.08 Å². The summed E-state index contributed by atoms with van der Waals surface area (Å²) in [5.41, 5.74) is 0.0794. The van der Waals surface area contributed by atoms with E-state index in [2.05, 4.69) is 4.74 Å². The summed E-state index contributed by atoms with van der Waals surface area (Å²) < 4.78 is 46.0. The number of amides is 2. The minimum atomic E-state index is -4.73. The first-order valence-corrected chi connectivity index (χ1v) is 10.7. The Morgan fingerprint density at radius 1 is 0.969 bits per heavy atom. The zero-order chi connectivity index (χ0) is 23.5. The summed E-state index contributed by atoms with van der Waals surface area (Å²) in [6, 6.07) is 5.34. The fourth-order valence-electron chi connectivity index (χ4n) is 4.10. The van der Waals surface area contributed by atoms with Gasteiger partial charge in [0.2, 0.25) is 5.91 Å². The molecule has 0 unspecified atom stereocenters. The largest absolute Gasteiger partial charge is 0.573 e. The molecule has 0 saturated carbocycles. The minimum absolute atomic E-state index is 0.135. The minimum Gasteiger partial charge on any atom is -0.444 e. The number of carbonyl (C=O) groups excluding carboxylic acids is 2. The Bertz CT molecular complexity index is 830. The Labute approximate surface area is 186 Å². The van der Waals surface area contributed by atoms with E-state index in [0.29, 0.717) is 43.6 Å². The van der Waals surface area contributed by atoms with Gasteiger partial charge in [0.15, 0.2) is 0 Å². The van der Waals surface area contributed by atoms with Crippen LogP contribution in [0.2, 0.25) is 0 Å². The molecule has 2 heterocycles. The van der Waals surface area contributed by atoms with E-state index >= 15 is 0 Å². The van der Waals surface area contributed by atoms with Crippen molar-refractivity contribution in [3.8, 4) is 5.75 Å². The van der Waals surface area contributed by atoms with Crippen LogP contribution >= 0.6 is 0 Å². The molecule has 32 heavy (non-hydrogen) atoms. The monoisotopic (exact) mass is 454 g/mol. The molecule has 2 saturated heterocycles. The molecule has 1 aromatic carbocycles. The maximum atomic E-state index is 12.6. The molecule has 6 nitrogen and oxygen atoms in total. The number of ether oxygens (including phenoxy) is 2. The molecule has 3 rings (SSSR count). The zero-order valence-corrected chi connectivity index (χ0v) is 18.5. The van der Waals surface area contributed by atoms with Gasteiger partial charge in [-0.2, -0.15) is 0 Å². The SMILES string of the molecule is CC(C)(C)OC(=O)N1C[C@H]2CCN(C(=O)/C=C/c3ccc(OC(F)(F)F)cc3)CC[C@@H]2C1. The second-order valence-corrected chi connectivity index (χ2v) is 9.26. The summed E-state index contributed by atoms with van der Waals surface area (Å²) >= 11 is 0. The van der Waals surface area contributed by atoms with Gasteiger partial charge in [-0.1, -0.05) is 12.1 Å². The predicted molar refractivity (Wildman–Crippen MR) is 113 cm³/mol. The fourth-order valence-corrected chi connectivity index (χ4v) is 4.10. The molecule has 9 heteroatoms. The molecule has 0 aliphatic carbocycles. The quantitative estimate of drug-likeness (QED) is 0.621. The fraction of sp³-hybridized carbons (Fsp3) is 0.565. The summed E-state index contributed by atoms with van der Waals surface area (Å²) in [7, 11) is 0. The van der Waals surface area contributed by atoms with E-state index in [0.717, 1.165) is 12.8 Å². The lowest BCUT2D eigenvalue weighted by molar-refractivity contribution is -0.274. The van der Waals surface area contributed by atoms with Crippen LogP contribution in [0, 0.1) is 11.8 Å². The lowest BCUT2D eigenvalue weighted by Gasteiger charge is -2.25. The van der Waals surface area contributed by atoms with Gasteiger partial charge in [0, 0.05) is 32.3 Å². The maximum Gasteiger partial charge on any atom is 0.573 e. The van der Waals surface area contributed by atoms with Crippen molar-refractivity contribution in [1.29, 1.82) is 0 Å². The first-order valence-electron chi connectivity index (χ1n) is 10.7. The number of fused-ring (bicyclic) bond motifs is 1. The molecule has 2 fully saturated rings. The van der Waals surface area contributed by atoms with E-state index in [1.807, 2.05) is 20.8 Å². The van der Waals surface area contributed by atoms with Crippen molar-refractivity contribution in [2.75, 3.05) is 26.2 Å². The third-order valence-corrected chi connectivity index (χ3v) is 5.61. The van der Waals surface area contributed by atoms with Crippen molar-refractivity contribution in [3.05, 3.63) is 35.9 Å². The smallest absolute Gasteiger partial charge is 0.444 e. The molecular weight excluding hydrogens is 425 g/mol. The summed E-state index contributed by atoms with van der Waals surface area (Å²) in [6.07, 6.45) is -0.376. The van der Waals surface area contributed by atoms with Crippen LogP contribution in [-0.4, -0.2) is 59.9 Å². The standard InChI is InChI=1S/C23H29F3N2O4/c1-22(2,3)32-21(30)28-14-17-10-12-27(13-11-18(17)15-28)20(29)9-6-16-4-7-19(8-5-16)31-23(24,25)26/h4-9,17-18H,10-15H2,1-3H3/b9-6+/t17-,18-/m1/s1. The maximum absolute atomic E-state index is 12.6. The number of hydrogen-bond acceptors (Lipinski definition) is 4. The lowest BCUT2D eigenvalue weighted by Crippen LogP contribution is -2.36. The number of alkyl halides is 3. The van der Waals surface area contributed by atoms with E-state index in [-0.39, 0.29) is 17.7 Å². The van der Waals surface area contributed by atoms with Crippen LogP contribution < -0.4 is 4.74 Å². The molecule has 2 aliphatic heterocycles. The first-order chi connectivity index (χ1) is 14.9. The van der Waals surface area contributed by atoms with E-state index in [1.165, 1.54) is 30.3 Å². The van der Waals surface area contributed by atoms with Gasteiger partial charge in [-0.3, -0.25) is 4.79 Å². The summed E-state index contributed by atoms with van der Waals surface area (Å²) in [5.74, 6) is 0.237. The van der Waals surface area contributed by atoms with Gasteiger partial charge in [0.25, 0.3) is 0 Å². The van der Waals surface area contributed by atoms with Gasteiger partial charge >= 0.3 is 12.5 Å². The molecule has 0 N–H and O–H groups in total. The summed E-state index contributed by atoms with van der Waals surface area (Å²) in [4.78, 5) is 28.5. The highest BCUT2D eigenvalue weighted by Crippen LogP contribution is 2.32. The van der Waals surface area contributed by atoms with Crippen LogP contribution in [0.1, 0.15) is 39.2 Å². The number of likely N-dealkylation sites (tertiary alicyclic amines) is 2. The predicted octanol–water partition coefficient (Wildman–Crippen LogP) is 4.70. The highest BCUT2D eigenvalue weighted by molar-refractivity contribution is 5.91. The molecule has 0 spiro atoms. The Kier molecular flexibility index (Phi) is 7.05. The second-order valence-electron chi connectivity index (χ2n) is 9.26. The molecule has 2 amide bonds. The average Bonchev–Trinajstić information content (AvgIpc) is 2.98. The van der Waals surface area contributed by atoms with Crippen LogP contribution in [0.4, 0.5) is 18.0 Å². The highest BCUT2D eigenvalue weighted by Gasteiger charge is 2.38. The number of rotatable bonds is 3. The number of hydrogen-bond donors (Lipinski definition) is 0. The molecule has 176 valence electrons. The van der Waals surface area contributed by atoms with E-state index in [1.54, 1.807) is 15.9 Å². The topological polar surface area (TPSA) is 59.1 Å². The third kappa shape index (κ3) is 6.90. The Hall–Kier alpha value is -2.71. The van der Waals surface area contributed by atoms with Crippen molar-refractivity contribution in [2.45, 2.75) is 45.6 Å². The Balaban J connectivity index is 1.50. The van der Waals surface area contributed by atoms with Gasteiger partial charge in [-0.25, -0.2) is 4.79 Å². The number of halogens is 3. The van der Waals surface area contributed by atoms with Gasteiger partial charge in [-0.15, -0.1) is 13.2 Å². The molecule has 1 aromatic rings. The second kappa shape index (κ2) is 9.42. The zero-order valence-electron chi connectivity index (χ0n) is 18.5. The Morgan fingerprint density at radius 2 is 1.53 bits per heavy atom. The third-order valence-electron chi connectivity index (χ3n) is 5.61. The van der Waals surface area contributed by atoms with Gasteiger partial charge in [0.05, 0.1) is 0 Å². The van der Waals surface area contributed by atoms with Crippen LogP contribution in [0.5, 0.6) is 5.75 Å². The van der Waals surface area contributed by atoms with Crippen molar-refractivity contribution >= 4 is 18.1 Å². The van der Waals surface area contributed by atoms with Crippen LogP contribution in [-0.2, 0) is 9.53 Å². The molecule has 0 bridgehead atoms. The van der Waals surface area contributed by atoms with E-state index in [9.17, 15) is 22.8 Å². The molecular formula is C23H29F3N2O4. The van der Waals surface area contributed by atoms with Crippen molar-refractivity contribution in [3.63, 3.8) is 0 Å². The average molecular weight is 454 g/mol. The first kappa shape index (κ1) is 23.9. The summed E-state index contributed by atoms with van der Waals surface area (Å²) in [5, 5.41) is 0. The normalized spacial score (nSPS) is 21.9. The van der Waals surface area contributed by atoms with Gasteiger partial charge in [-0.05, 0) is 69.2 Å². The van der Waals surface area contributed by atoms with Crippen LogP contribution in [0.3, 0.4) is 0 Å². The van der Waals surface area contributed by atoms with E-state index < -0.39 is 12.0 Å². The van der Waals surface area contributed by atoms with Crippen molar-refractivity contribution < 1.29 is 32.2 Å². The molecule has 2 atom stereocenters. The molecule has 0 radical (unpaired) electrons. The van der Waals surface area contributed by atoms with Gasteiger partial charge in [0.1, 0.15) is 11.4 Å². The lowest BCUT2D eigenvalue weighted by atomic mass is 9.92. The number of nitrogens with zero attached hydrogens (tertiary/aromatic N) is 2. The highest BCUT2D eigenvalue weighted by atomic mass is 19.4. The van der Waals surface area contributed by atoms with Gasteiger partial charge < -0.3 is 19.3 Å².